The Labute approximate surface area is 111 Å². The number of halogens is 1. The van der Waals surface area contributed by atoms with Crippen molar-refractivity contribution in [3.8, 4) is 11.1 Å². The van der Waals surface area contributed by atoms with E-state index in [1.165, 1.54) is 0 Å². The molecule has 0 aliphatic heterocycles. The minimum atomic E-state index is 0. The molecule has 0 amide bonds. The lowest BCUT2D eigenvalue weighted by atomic mass is 10.1. The van der Waals surface area contributed by atoms with Crippen LogP contribution in [-0.4, -0.2) is 4.57 Å². The first kappa shape index (κ1) is 12.9. The molecule has 4 heteroatoms. The van der Waals surface area contributed by atoms with Crippen molar-refractivity contribution in [3.05, 3.63) is 53.2 Å². The number of hydrogen-bond acceptors (Lipinski definition) is 1. The third kappa shape index (κ3) is 2.69. The molecule has 0 aliphatic carbocycles. The van der Waals surface area contributed by atoms with Gasteiger partial charge in [-0.25, -0.2) is 4.57 Å². The maximum Gasteiger partial charge on any atom is 0.250 e. The van der Waals surface area contributed by atoms with Gasteiger partial charge < -0.3 is 28.5 Å². The van der Waals surface area contributed by atoms with Gasteiger partial charge in [-0.1, -0.05) is 0 Å². The molecule has 0 bridgehead atoms. The molecule has 0 fully saturated rings. The summed E-state index contributed by atoms with van der Waals surface area (Å²) >= 11 is 0. The van der Waals surface area contributed by atoms with E-state index in [4.69, 9.17) is 0 Å². The predicted octanol–water partition coefficient (Wildman–Crippen LogP) is -2.12. The third-order valence-corrected chi connectivity index (χ3v) is 2.42. The summed E-state index contributed by atoms with van der Waals surface area (Å²) in [6, 6.07) is 7.58. The van der Waals surface area contributed by atoms with Gasteiger partial charge in [0.05, 0.1) is 0 Å². The Morgan fingerprint density at radius 2 is 1.75 bits per heavy atom. The van der Waals surface area contributed by atoms with Gasteiger partial charge in [-0.05, 0) is 17.2 Å². The lowest BCUT2D eigenvalue weighted by molar-refractivity contribution is -0.671. The van der Waals surface area contributed by atoms with Crippen molar-refractivity contribution in [2.75, 3.05) is 0 Å². The summed E-state index contributed by atoms with van der Waals surface area (Å²) < 4.78 is 3.52. The second kappa shape index (κ2) is 5.25. The monoisotopic (exact) mass is 328 g/mol. The topological polar surface area (TPSA) is 25.9 Å². The Kier molecular flexibility index (Phi) is 4.23. The van der Waals surface area contributed by atoms with Gasteiger partial charge in [-0.2, -0.15) is 0 Å². The average molecular weight is 328 g/mol. The third-order valence-electron chi connectivity index (χ3n) is 2.42. The molecule has 2 heterocycles. The number of hydrogen-bond donors (Lipinski definition) is 0. The van der Waals surface area contributed by atoms with Crippen molar-refractivity contribution in [2.24, 2.45) is 14.1 Å². The van der Waals surface area contributed by atoms with Crippen molar-refractivity contribution in [1.29, 1.82) is 0 Å². The Morgan fingerprint density at radius 1 is 1.12 bits per heavy atom. The lowest BCUT2D eigenvalue weighted by Gasteiger charge is -2.01. The highest BCUT2D eigenvalue weighted by Crippen LogP contribution is 2.14. The standard InChI is InChI=1S/C12H13N2O.HI/c1-13-6-3-10(4-7-13)11-5-8-14(2)12(15)9-11;/h3-9H,1-2H3;1H/q+1;/p-1. The summed E-state index contributed by atoms with van der Waals surface area (Å²) in [6.45, 7) is 0. The van der Waals surface area contributed by atoms with Crippen LogP contribution in [0.1, 0.15) is 0 Å². The fourth-order valence-corrected chi connectivity index (χ4v) is 1.42. The highest BCUT2D eigenvalue weighted by atomic mass is 127. The molecule has 0 saturated carbocycles. The molecular weight excluding hydrogens is 315 g/mol. The number of rotatable bonds is 1. The molecule has 0 spiro atoms. The summed E-state index contributed by atoms with van der Waals surface area (Å²) in [5.41, 5.74) is 2.03. The van der Waals surface area contributed by atoms with Crippen LogP contribution in [-0.2, 0) is 14.1 Å². The first-order valence-corrected chi connectivity index (χ1v) is 4.79. The van der Waals surface area contributed by atoms with Crippen LogP contribution in [0, 0.1) is 0 Å². The van der Waals surface area contributed by atoms with Crippen LogP contribution < -0.4 is 34.1 Å². The number of aryl methyl sites for hydroxylation is 2. The molecule has 0 unspecified atom stereocenters. The average Bonchev–Trinajstić information content (AvgIpc) is 2.23. The summed E-state index contributed by atoms with van der Waals surface area (Å²) in [5, 5.41) is 0. The zero-order chi connectivity index (χ0) is 10.8. The Morgan fingerprint density at radius 3 is 2.31 bits per heavy atom. The first-order valence-electron chi connectivity index (χ1n) is 4.79. The maximum atomic E-state index is 11.4. The van der Waals surface area contributed by atoms with Gasteiger partial charge in [0.15, 0.2) is 12.4 Å². The normalized spacial score (nSPS) is 9.62. The van der Waals surface area contributed by atoms with Crippen LogP contribution >= 0.6 is 0 Å². The lowest BCUT2D eigenvalue weighted by Crippen LogP contribution is -3.00. The second-order valence-electron chi connectivity index (χ2n) is 3.62. The van der Waals surface area contributed by atoms with Crippen LogP contribution in [0.15, 0.2) is 47.7 Å². The Bertz CT molecular complexity index is 531. The fraction of sp³-hybridized carbons (Fsp3) is 0.167. The molecule has 0 aromatic carbocycles. The number of pyridine rings is 2. The minimum absolute atomic E-state index is 0. The summed E-state index contributed by atoms with van der Waals surface area (Å²) in [7, 11) is 3.71. The van der Waals surface area contributed by atoms with Gasteiger partial charge in [0, 0.05) is 31.4 Å². The minimum Gasteiger partial charge on any atom is -1.00 e. The van der Waals surface area contributed by atoms with E-state index in [1.807, 2.05) is 42.2 Å². The molecule has 3 nitrogen and oxygen atoms in total. The molecule has 84 valence electrons. The van der Waals surface area contributed by atoms with E-state index in [1.54, 1.807) is 23.9 Å². The molecule has 2 aromatic heterocycles. The van der Waals surface area contributed by atoms with E-state index >= 15 is 0 Å². The SMILES string of the molecule is Cn1ccc(-c2cc[n+](C)cc2)cc1=O.[I-]. The number of aromatic nitrogens is 2. The van der Waals surface area contributed by atoms with Crippen LogP contribution in [0.25, 0.3) is 11.1 Å². The molecule has 0 radical (unpaired) electrons. The molecule has 2 rings (SSSR count). The summed E-state index contributed by atoms with van der Waals surface area (Å²) in [5.74, 6) is 0. The van der Waals surface area contributed by atoms with Crippen molar-refractivity contribution in [1.82, 2.24) is 4.57 Å². The highest BCUT2D eigenvalue weighted by molar-refractivity contribution is 5.61. The molecule has 0 saturated heterocycles. The quantitative estimate of drug-likeness (QED) is 0.434. The van der Waals surface area contributed by atoms with Crippen LogP contribution in [0.5, 0.6) is 0 Å². The molecule has 0 N–H and O–H groups in total. The second-order valence-corrected chi connectivity index (χ2v) is 3.62. The molecular formula is C12H13IN2O. The van der Waals surface area contributed by atoms with Crippen molar-refractivity contribution < 1.29 is 28.5 Å². The van der Waals surface area contributed by atoms with E-state index < -0.39 is 0 Å². The molecule has 2 aromatic rings. The van der Waals surface area contributed by atoms with Crippen molar-refractivity contribution in [2.45, 2.75) is 0 Å². The van der Waals surface area contributed by atoms with Gasteiger partial charge in [0.25, 0.3) is 5.56 Å². The van der Waals surface area contributed by atoms with Gasteiger partial charge in [-0.15, -0.1) is 0 Å². The van der Waals surface area contributed by atoms with Gasteiger partial charge in [-0.3, -0.25) is 4.79 Å². The van der Waals surface area contributed by atoms with E-state index in [-0.39, 0.29) is 29.5 Å². The van der Waals surface area contributed by atoms with Gasteiger partial charge in [0.2, 0.25) is 0 Å². The fourth-order valence-electron chi connectivity index (χ4n) is 1.42. The highest BCUT2D eigenvalue weighted by Gasteiger charge is 2.00. The summed E-state index contributed by atoms with van der Waals surface area (Å²) in [4.78, 5) is 11.4. The maximum absolute atomic E-state index is 11.4. The zero-order valence-electron chi connectivity index (χ0n) is 9.22. The predicted molar refractivity (Wildman–Crippen MR) is 58.3 cm³/mol. The van der Waals surface area contributed by atoms with E-state index in [2.05, 4.69) is 0 Å². The van der Waals surface area contributed by atoms with Gasteiger partial charge >= 0.3 is 0 Å². The van der Waals surface area contributed by atoms with Crippen LogP contribution in [0.2, 0.25) is 0 Å². The number of nitrogens with zero attached hydrogens (tertiary/aromatic N) is 2. The van der Waals surface area contributed by atoms with Crippen LogP contribution in [0.3, 0.4) is 0 Å². The van der Waals surface area contributed by atoms with Crippen molar-refractivity contribution in [3.63, 3.8) is 0 Å². The molecule has 0 aliphatic rings. The largest absolute Gasteiger partial charge is 1.00 e. The van der Waals surface area contributed by atoms with Crippen molar-refractivity contribution >= 4 is 0 Å². The van der Waals surface area contributed by atoms with E-state index in [0.29, 0.717) is 0 Å². The van der Waals surface area contributed by atoms with Gasteiger partial charge in [0.1, 0.15) is 7.05 Å². The molecule has 16 heavy (non-hydrogen) atoms. The Balaban J connectivity index is 0.00000128. The zero-order valence-corrected chi connectivity index (χ0v) is 11.4. The first-order chi connectivity index (χ1) is 7.16. The molecule has 0 atom stereocenters. The Hall–Kier alpha value is -1.17. The van der Waals surface area contributed by atoms with Crippen LogP contribution in [0.4, 0.5) is 0 Å². The smallest absolute Gasteiger partial charge is 0.250 e. The summed E-state index contributed by atoms with van der Waals surface area (Å²) in [6.07, 6.45) is 5.71. The van der Waals surface area contributed by atoms with E-state index in [0.717, 1.165) is 11.1 Å². The van der Waals surface area contributed by atoms with E-state index in [9.17, 15) is 4.79 Å².